The van der Waals surface area contributed by atoms with Crippen LogP contribution < -0.4 is 10.1 Å². The van der Waals surface area contributed by atoms with Gasteiger partial charge in [-0.1, -0.05) is 35.5 Å². The van der Waals surface area contributed by atoms with E-state index in [2.05, 4.69) is 15.5 Å². The number of rotatable bonds is 9. The summed E-state index contributed by atoms with van der Waals surface area (Å²) in [6, 6.07) is 7.49. The Kier molecular flexibility index (Phi) is 6.79. The van der Waals surface area contributed by atoms with Crippen LogP contribution in [0.25, 0.3) is 0 Å². The number of ether oxygens (including phenoxy) is 1. The predicted molar refractivity (Wildman–Crippen MR) is 106 cm³/mol. The number of nitrogens with zero attached hydrogens (tertiary/aromatic N) is 4. The molecule has 8 nitrogen and oxygen atoms in total. The number of likely N-dealkylation sites (N-methyl/N-ethyl adjacent to an activating group) is 1. The highest BCUT2D eigenvalue weighted by Crippen LogP contribution is 2.24. The van der Waals surface area contributed by atoms with Gasteiger partial charge in [0.25, 0.3) is 0 Å². The van der Waals surface area contributed by atoms with Gasteiger partial charge in [0.15, 0.2) is 11.0 Å². The summed E-state index contributed by atoms with van der Waals surface area (Å²) >= 11 is 7.34. The summed E-state index contributed by atoms with van der Waals surface area (Å²) in [5, 5.41) is 12.2. The van der Waals surface area contributed by atoms with E-state index in [9.17, 15) is 9.59 Å². The third kappa shape index (κ3) is 5.62. The van der Waals surface area contributed by atoms with E-state index in [0.29, 0.717) is 21.8 Å². The molecule has 1 heterocycles. The third-order valence-corrected chi connectivity index (χ3v) is 5.51. The maximum atomic E-state index is 12.2. The second kappa shape index (κ2) is 9.29. The van der Waals surface area contributed by atoms with Crippen LogP contribution in [-0.2, 0) is 23.2 Å². The lowest BCUT2D eigenvalue weighted by Crippen LogP contribution is -2.39. The number of hydrogen-bond donors (Lipinski definition) is 1. The molecule has 0 bridgehead atoms. The zero-order chi connectivity index (χ0) is 20.1. The monoisotopic (exact) mass is 423 g/mol. The molecule has 0 saturated heterocycles. The molecule has 1 N–H and O–H groups in total. The fraction of sp³-hybridized carbons (Fsp3) is 0.444. The van der Waals surface area contributed by atoms with Crippen LogP contribution in [0.3, 0.4) is 0 Å². The first-order chi connectivity index (χ1) is 13.4. The number of benzene rings is 1. The second-order valence-electron chi connectivity index (χ2n) is 6.56. The van der Waals surface area contributed by atoms with Gasteiger partial charge in [-0.3, -0.25) is 9.59 Å². The van der Waals surface area contributed by atoms with Crippen LogP contribution in [0.15, 0.2) is 29.4 Å². The Hall–Kier alpha value is -2.26. The Morgan fingerprint density at radius 2 is 2.11 bits per heavy atom. The second-order valence-corrected chi connectivity index (χ2v) is 7.91. The van der Waals surface area contributed by atoms with Crippen LogP contribution in [0, 0.1) is 0 Å². The van der Waals surface area contributed by atoms with E-state index in [1.807, 2.05) is 19.2 Å². The van der Waals surface area contributed by atoms with Gasteiger partial charge in [0.05, 0.1) is 17.3 Å². The largest absolute Gasteiger partial charge is 0.484 e. The number of hydrogen-bond acceptors (Lipinski definition) is 6. The van der Waals surface area contributed by atoms with Crippen LogP contribution in [0.2, 0.25) is 5.02 Å². The Balaban J connectivity index is 1.47. The summed E-state index contributed by atoms with van der Waals surface area (Å²) in [7, 11) is 3.43. The molecule has 1 aliphatic rings. The first-order valence-corrected chi connectivity index (χ1v) is 10.2. The number of carbonyl (C=O) groups is 2. The summed E-state index contributed by atoms with van der Waals surface area (Å²) in [6.07, 6.45) is 2.04. The maximum absolute atomic E-state index is 12.2. The molecule has 0 atom stereocenters. The standard InChI is InChI=1S/C18H22ClN5O3S/c1-23(9-16(25)20-12-7-8-12)17(26)11-28-18-22-21-15(24(18)2)10-27-14-6-4-3-5-13(14)19/h3-6,12H,7-11H2,1-2H3,(H,20,25). The maximum Gasteiger partial charge on any atom is 0.239 e. The number of carbonyl (C=O) groups excluding carboxylic acids is 2. The first-order valence-electron chi connectivity index (χ1n) is 8.85. The fourth-order valence-corrected chi connectivity index (χ4v) is 3.40. The van der Waals surface area contributed by atoms with Gasteiger partial charge in [-0.2, -0.15) is 0 Å². The van der Waals surface area contributed by atoms with Crippen molar-refractivity contribution in [3.8, 4) is 5.75 Å². The lowest BCUT2D eigenvalue weighted by atomic mass is 10.3. The highest BCUT2D eigenvalue weighted by atomic mass is 35.5. The smallest absolute Gasteiger partial charge is 0.239 e. The molecule has 2 amide bonds. The highest BCUT2D eigenvalue weighted by molar-refractivity contribution is 7.99. The van der Waals surface area contributed by atoms with Crippen molar-refractivity contribution in [2.75, 3.05) is 19.3 Å². The molecule has 1 aliphatic carbocycles. The van der Waals surface area contributed by atoms with Crippen LogP contribution in [0.1, 0.15) is 18.7 Å². The number of nitrogens with one attached hydrogen (secondary N) is 1. The van der Waals surface area contributed by atoms with Crippen molar-refractivity contribution in [1.82, 2.24) is 25.0 Å². The van der Waals surface area contributed by atoms with Crippen molar-refractivity contribution in [3.63, 3.8) is 0 Å². The molecule has 2 aromatic rings. The molecule has 1 aromatic heterocycles. The van der Waals surface area contributed by atoms with Crippen molar-refractivity contribution in [2.45, 2.75) is 30.6 Å². The number of para-hydroxylation sites is 1. The molecular weight excluding hydrogens is 402 g/mol. The van der Waals surface area contributed by atoms with Gasteiger partial charge >= 0.3 is 0 Å². The van der Waals surface area contributed by atoms with E-state index < -0.39 is 0 Å². The zero-order valence-electron chi connectivity index (χ0n) is 15.7. The van der Waals surface area contributed by atoms with Crippen molar-refractivity contribution in [2.24, 2.45) is 7.05 Å². The summed E-state index contributed by atoms with van der Waals surface area (Å²) in [4.78, 5) is 25.5. The molecule has 0 aliphatic heterocycles. The minimum absolute atomic E-state index is 0.0611. The highest BCUT2D eigenvalue weighted by Gasteiger charge is 2.24. The molecule has 0 unspecified atom stereocenters. The summed E-state index contributed by atoms with van der Waals surface area (Å²) in [5.74, 6) is 1.09. The first kappa shape index (κ1) is 20.5. The Bertz CT molecular complexity index is 855. The average Bonchev–Trinajstić information content (AvgIpc) is 3.41. The summed E-state index contributed by atoms with van der Waals surface area (Å²) < 4.78 is 7.45. The molecule has 0 radical (unpaired) electrons. The Morgan fingerprint density at radius 1 is 1.36 bits per heavy atom. The van der Waals surface area contributed by atoms with Gasteiger partial charge in [0, 0.05) is 20.1 Å². The van der Waals surface area contributed by atoms with Gasteiger partial charge < -0.3 is 19.5 Å². The Morgan fingerprint density at radius 3 is 2.82 bits per heavy atom. The molecule has 3 rings (SSSR count). The predicted octanol–water partition coefficient (Wildman–Crippen LogP) is 1.88. The molecule has 1 fully saturated rings. The van der Waals surface area contributed by atoms with Crippen LogP contribution >= 0.6 is 23.4 Å². The molecule has 0 spiro atoms. The number of aromatic nitrogens is 3. The fourth-order valence-electron chi connectivity index (χ4n) is 2.34. The van der Waals surface area contributed by atoms with Gasteiger partial charge in [0.1, 0.15) is 12.4 Å². The molecule has 1 aromatic carbocycles. The van der Waals surface area contributed by atoms with E-state index in [1.54, 1.807) is 23.7 Å². The molecule has 1 saturated carbocycles. The van der Waals surface area contributed by atoms with E-state index in [1.165, 1.54) is 16.7 Å². The minimum atomic E-state index is -0.146. The van der Waals surface area contributed by atoms with Crippen molar-refractivity contribution < 1.29 is 14.3 Å². The number of amides is 2. The Labute approximate surface area is 172 Å². The molecule has 150 valence electrons. The van der Waals surface area contributed by atoms with Crippen LogP contribution in [0.5, 0.6) is 5.75 Å². The van der Waals surface area contributed by atoms with Crippen molar-refractivity contribution in [3.05, 3.63) is 35.1 Å². The van der Waals surface area contributed by atoms with E-state index in [4.69, 9.17) is 16.3 Å². The third-order valence-electron chi connectivity index (χ3n) is 4.19. The van der Waals surface area contributed by atoms with Crippen molar-refractivity contribution in [1.29, 1.82) is 0 Å². The normalized spacial score (nSPS) is 13.2. The quantitative estimate of drug-likeness (QED) is 0.619. The number of thioether (sulfide) groups is 1. The zero-order valence-corrected chi connectivity index (χ0v) is 17.3. The van der Waals surface area contributed by atoms with Gasteiger partial charge in [-0.25, -0.2) is 0 Å². The summed E-state index contributed by atoms with van der Waals surface area (Å²) in [5.41, 5.74) is 0. The van der Waals surface area contributed by atoms with Crippen LogP contribution in [0.4, 0.5) is 0 Å². The molecular formula is C18H22ClN5O3S. The SMILES string of the molecule is CN(CC(=O)NC1CC1)C(=O)CSc1nnc(COc2ccccc2Cl)n1C. The van der Waals surface area contributed by atoms with E-state index in [-0.39, 0.29) is 36.8 Å². The van der Waals surface area contributed by atoms with Crippen LogP contribution in [-0.4, -0.2) is 56.9 Å². The van der Waals surface area contributed by atoms with Crippen molar-refractivity contribution >= 4 is 35.2 Å². The summed E-state index contributed by atoms with van der Waals surface area (Å²) in [6.45, 7) is 0.272. The number of halogens is 1. The minimum Gasteiger partial charge on any atom is -0.484 e. The lowest BCUT2D eigenvalue weighted by molar-refractivity contribution is -0.132. The van der Waals surface area contributed by atoms with Gasteiger partial charge in [-0.05, 0) is 25.0 Å². The van der Waals surface area contributed by atoms with E-state index in [0.717, 1.165) is 12.8 Å². The topological polar surface area (TPSA) is 89.3 Å². The lowest BCUT2D eigenvalue weighted by Gasteiger charge is -2.16. The van der Waals surface area contributed by atoms with E-state index >= 15 is 0 Å². The molecule has 28 heavy (non-hydrogen) atoms. The van der Waals surface area contributed by atoms with Gasteiger partial charge in [0.2, 0.25) is 11.8 Å². The van der Waals surface area contributed by atoms with Gasteiger partial charge in [-0.15, -0.1) is 10.2 Å². The molecule has 10 heteroatoms. The average molecular weight is 424 g/mol.